The van der Waals surface area contributed by atoms with E-state index in [0.29, 0.717) is 37.9 Å². The van der Waals surface area contributed by atoms with Crippen LogP contribution in [0.1, 0.15) is 29.6 Å². The van der Waals surface area contributed by atoms with E-state index < -0.39 is 0 Å². The number of nitrogens with zero attached hydrogens (tertiary/aromatic N) is 2. The van der Waals surface area contributed by atoms with Gasteiger partial charge in [-0.3, -0.25) is 19.3 Å². The Labute approximate surface area is 134 Å². The summed E-state index contributed by atoms with van der Waals surface area (Å²) in [6.45, 7) is 0.798. The van der Waals surface area contributed by atoms with Gasteiger partial charge in [-0.25, -0.2) is 0 Å². The molecule has 0 bridgehead atoms. The molecule has 2 heterocycles. The molecule has 3 rings (SSSR count). The molecule has 1 N–H and O–H groups in total. The van der Waals surface area contributed by atoms with Crippen molar-refractivity contribution in [3.63, 3.8) is 0 Å². The van der Waals surface area contributed by atoms with Crippen LogP contribution in [0.25, 0.3) is 10.9 Å². The highest BCUT2D eigenvalue weighted by molar-refractivity contribution is 6.06. The van der Waals surface area contributed by atoms with Gasteiger partial charge in [0.05, 0.1) is 0 Å². The molecular weight excluding hydrogens is 294 g/mol. The van der Waals surface area contributed by atoms with Crippen molar-refractivity contribution in [2.24, 2.45) is 7.05 Å². The smallest absolute Gasteiger partial charge is 0.251 e. The third kappa shape index (κ3) is 2.97. The predicted molar refractivity (Wildman–Crippen MR) is 85.8 cm³/mol. The van der Waals surface area contributed by atoms with Crippen LogP contribution in [0, 0.1) is 0 Å². The van der Waals surface area contributed by atoms with Gasteiger partial charge in [0.25, 0.3) is 5.91 Å². The quantitative estimate of drug-likeness (QED) is 0.671. The number of nitrogens with one attached hydrogen (secondary N) is 1. The number of aromatic nitrogens is 1. The SMILES string of the molecule is Cn1ccc2c(C(=O)NCCCN3C(=O)CCC3=O)cccc21. The summed E-state index contributed by atoms with van der Waals surface area (Å²) in [5.74, 6) is -0.369. The highest BCUT2D eigenvalue weighted by atomic mass is 16.2. The molecule has 3 amide bonds. The second kappa shape index (κ2) is 6.24. The molecule has 0 unspecified atom stereocenters. The van der Waals surface area contributed by atoms with Crippen LogP contribution >= 0.6 is 0 Å². The van der Waals surface area contributed by atoms with Crippen LogP contribution < -0.4 is 5.32 Å². The van der Waals surface area contributed by atoms with E-state index in [1.807, 2.05) is 36.0 Å². The molecule has 120 valence electrons. The number of carbonyl (C=O) groups is 3. The number of hydrogen-bond acceptors (Lipinski definition) is 3. The monoisotopic (exact) mass is 313 g/mol. The zero-order chi connectivity index (χ0) is 16.4. The van der Waals surface area contributed by atoms with E-state index in [4.69, 9.17) is 0 Å². The molecular formula is C17H19N3O3. The van der Waals surface area contributed by atoms with Gasteiger partial charge in [-0.1, -0.05) is 6.07 Å². The molecule has 0 saturated carbocycles. The Morgan fingerprint density at radius 1 is 1.17 bits per heavy atom. The fourth-order valence-electron chi connectivity index (χ4n) is 2.91. The number of benzene rings is 1. The molecule has 0 aliphatic carbocycles. The number of amides is 3. The van der Waals surface area contributed by atoms with E-state index >= 15 is 0 Å². The topological polar surface area (TPSA) is 71.4 Å². The molecule has 1 fully saturated rings. The van der Waals surface area contributed by atoms with Gasteiger partial charge in [-0.15, -0.1) is 0 Å². The average molecular weight is 313 g/mol. The van der Waals surface area contributed by atoms with Crippen LogP contribution in [-0.2, 0) is 16.6 Å². The van der Waals surface area contributed by atoms with Crippen LogP contribution in [0.2, 0.25) is 0 Å². The summed E-state index contributed by atoms with van der Waals surface area (Å²) in [6, 6.07) is 7.55. The molecule has 1 aliphatic heterocycles. The van der Waals surface area contributed by atoms with Crippen LogP contribution in [0.5, 0.6) is 0 Å². The highest BCUT2D eigenvalue weighted by Crippen LogP contribution is 2.19. The largest absolute Gasteiger partial charge is 0.352 e. The van der Waals surface area contributed by atoms with E-state index in [0.717, 1.165) is 10.9 Å². The maximum Gasteiger partial charge on any atom is 0.251 e. The first-order valence-corrected chi connectivity index (χ1v) is 7.73. The molecule has 1 aromatic heterocycles. The molecule has 0 radical (unpaired) electrons. The molecule has 23 heavy (non-hydrogen) atoms. The maximum atomic E-state index is 12.3. The second-order valence-electron chi connectivity index (χ2n) is 5.71. The Bertz CT molecular complexity index is 762. The normalized spacial score (nSPS) is 14.7. The number of aryl methyl sites for hydroxylation is 1. The molecule has 0 atom stereocenters. The van der Waals surface area contributed by atoms with Gasteiger partial charge in [0.1, 0.15) is 0 Å². The Hall–Kier alpha value is -2.63. The summed E-state index contributed by atoms with van der Waals surface area (Å²) >= 11 is 0. The first-order valence-electron chi connectivity index (χ1n) is 7.73. The van der Waals surface area contributed by atoms with Crippen LogP contribution in [0.3, 0.4) is 0 Å². The number of likely N-dealkylation sites (tertiary alicyclic amines) is 1. The fraction of sp³-hybridized carbons (Fsp3) is 0.353. The lowest BCUT2D eigenvalue weighted by atomic mass is 10.1. The van der Waals surface area contributed by atoms with E-state index in [1.54, 1.807) is 6.07 Å². The van der Waals surface area contributed by atoms with E-state index in [9.17, 15) is 14.4 Å². The van der Waals surface area contributed by atoms with Gasteiger partial charge in [-0.2, -0.15) is 0 Å². The number of imide groups is 1. The van der Waals surface area contributed by atoms with Crippen molar-refractivity contribution in [1.82, 2.24) is 14.8 Å². The van der Waals surface area contributed by atoms with Crippen molar-refractivity contribution in [1.29, 1.82) is 0 Å². The van der Waals surface area contributed by atoms with Crippen molar-refractivity contribution in [3.05, 3.63) is 36.0 Å². The zero-order valence-electron chi connectivity index (χ0n) is 13.0. The molecule has 1 aromatic carbocycles. The van der Waals surface area contributed by atoms with Crippen LogP contribution in [0.4, 0.5) is 0 Å². The molecule has 6 nitrogen and oxygen atoms in total. The van der Waals surface area contributed by atoms with Gasteiger partial charge >= 0.3 is 0 Å². The Morgan fingerprint density at radius 2 is 1.91 bits per heavy atom. The Balaban J connectivity index is 1.57. The van der Waals surface area contributed by atoms with Gasteiger partial charge in [0.15, 0.2) is 0 Å². The molecule has 2 aromatic rings. The summed E-state index contributed by atoms with van der Waals surface area (Å²) in [5.41, 5.74) is 1.64. The lowest BCUT2D eigenvalue weighted by molar-refractivity contribution is -0.138. The van der Waals surface area contributed by atoms with Crippen LogP contribution in [-0.4, -0.2) is 40.3 Å². The van der Waals surface area contributed by atoms with Crippen molar-refractivity contribution >= 4 is 28.6 Å². The van der Waals surface area contributed by atoms with Gasteiger partial charge in [0.2, 0.25) is 11.8 Å². The maximum absolute atomic E-state index is 12.3. The Kier molecular flexibility index (Phi) is 4.14. The van der Waals surface area contributed by atoms with Crippen LogP contribution in [0.15, 0.2) is 30.5 Å². The predicted octanol–water partition coefficient (Wildman–Crippen LogP) is 1.45. The van der Waals surface area contributed by atoms with Gasteiger partial charge < -0.3 is 9.88 Å². The minimum atomic E-state index is -0.138. The second-order valence-corrected chi connectivity index (χ2v) is 5.71. The van der Waals surface area contributed by atoms with E-state index in [2.05, 4.69) is 5.32 Å². The summed E-state index contributed by atoms with van der Waals surface area (Å²) in [6.07, 6.45) is 3.10. The minimum absolute atomic E-state index is 0.115. The van der Waals surface area contributed by atoms with Crippen molar-refractivity contribution in [3.8, 4) is 0 Å². The summed E-state index contributed by atoms with van der Waals surface area (Å²) in [5, 5.41) is 3.77. The third-order valence-electron chi connectivity index (χ3n) is 4.17. The summed E-state index contributed by atoms with van der Waals surface area (Å²) < 4.78 is 1.97. The standard InChI is InChI=1S/C17H19N3O3/c1-19-11-8-12-13(4-2-5-14(12)19)17(23)18-9-3-10-20-15(21)6-7-16(20)22/h2,4-5,8,11H,3,6-7,9-10H2,1H3,(H,18,23). The van der Waals surface area contributed by atoms with Gasteiger partial charge in [-0.05, 0) is 24.6 Å². The lowest BCUT2D eigenvalue weighted by Gasteiger charge is -2.13. The molecule has 0 spiro atoms. The summed E-state index contributed by atoms with van der Waals surface area (Å²) in [4.78, 5) is 36.6. The number of hydrogen-bond donors (Lipinski definition) is 1. The number of carbonyl (C=O) groups excluding carboxylic acids is 3. The van der Waals surface area contributed by atoms with Crippen molar-refractivity contribution < 1.29 is 14.4 Å². The van der Waals surface area contributed by atoms with E-state index in [1.165, 1.54) is 4.90 Å². The van der Waals surface area contributed by atoms with E-state index in [-0.39, 0.29) is 17.7 Å². The highest BCUT2D eigenvalue weighted by Gasteiger charge is 2.27. The molecule has 6 heteroatoms. The fourth-order valence-corrected chi connectivity index (χ4v) is 2.91. The minimum Gasteiger partial charge on any atom is -0.352 e. The van der Waals surface area contributed by atoms with Crippen molar-refractivity contribution in [2.75, 3.05) is 13.1 Å². The Morgan fingerprint density at radius 3 is 2.65 bits per heavy atom. The first-order chi connectivity index (χ1) is 11.1. The van der Waals surface area contributed by atoms with Gasteiger partial charge in [0, 0.05) is 55.6 Å². The molecule has 1 saturated heterocycles. The molecule has 1 aliphatic rings. The third-order valence-corrected chi connectivity index (χ3v) is 4.17. The lowest BCUT2D eigenvalue weighted by Crippen LogP contribution is -2.33. The zero-order valence-corrected chi connectivity index (χ0v) is 13.0. The number of fused-ring (bicyclic) bond motifs is 1. The average Bonchev–Trinajstić information content (AvgIpc) is 3.08. The summed E-state index contributed by atoms with van der Waals surface area (Å²) in [7, 11) is 1.94. The number of rotatable bonds is 5. The first kappa shape index (κ1) is 15.3. The van der Waals surface area contributed by atoms with Crippen molar-refractivity contribution in [2.45, 2.75) is 19.3 Å².